The van der Waals surface area contributed by atoms with Gasteiger partial charge in [-0.3, -0.25) is 0 Å². The predicted molar refractivity (Wildman–Crippen MR) is 66.0 cm³/mol. The van der Waals surface area contributed by atoms with Crippen LogP contribution in [0.5, 0.6) is 0 Å². The molecule has 0 N–H and O–H groups in total. The van der Waals surface area contributed by atoms with Gasteiger partial charge in [-0.05, 0) is 44.4 Å². The second-order valence-corrected chi connectivity index (χ2v) is 5.84. The van der Waals surface area contributed by atoms with E-state index in [1.807, 2.05) is 6.92 Å². The summed E-state index contributed by atoms with van der Waals surface area (Å²) in [6, 6.07) is 0. The molecule has 16 heavy (non-hydrogen) atoms. The average Bonchev–Trinajstić information content (AvgIpc) is 2.13. The lowest BCUT2D eigenvalue weighted by molar-refractivity contribution is -0.161. The Kier molecular flexibility index (Phi) is 3.82. The van der Waals surface area contributed by atoms with Gasteiger partial charge in [0.05, 0.1) is 0 Å². The maximum Gasteiger partial charge on any atom is 0.333 e. The monoisotopic (exact) mass is 224 g/mol. The molecule has 92 valence electrons. The van der Waals surface area contributed by atoms with Crippen LogP contribution in [-0.2, 0) is 9.53 Å². The number of hydrogen-bond donors (Lipinski definition) is 0. The van der Waals surface area contributed by atoms with Gasteiger partial charge in [-0.2, -0.15) is 0 Å². The van der Waals surface area contributed by atoms with Crippen LogP contribution in [0.15, 0.2) is 12.2 Å². The lowest BCUT2D eigenvalue weighted by atomic mass is 9.68. The molecule has 0 amide bonds. The fourth-order valence-electron chi connectivity index (χ4n) is 2.77. The third-order valence-corrected chi connectivity index (χ3v) is 3.99. The first kappa shape index (κ1) is 13.3. The maximum atomic E-state index is 11.6. The second kappa shape index (κ2) is 4.60. The lowest BCUT2D eigenvalue weighted by Crippen LogP contribution is -2.43. The summed E-state index contributed by atoms with van der Waals surface area (Å²) in [5, 5.41) is 0. The summed E-state index contributed by atoms with van der Waals surface area (Å²) >= 11 is 0. The molecule has 1 saturated carbocycles. The van der Waals surface area contributed by atoms with Gasteiger partial charge in [-0.25, -0.2) is 4.79 Å². The molecular weight excluding hydrogens is 200 g/mol. The van der Waals surface area contributed by atoms with Gasteiger partial charge in [0.2, 0.25) is 0 Å². The maximum absolute atomic E-state index is 11.6. The molecule has 2 heteroatoms. The minimum Gasteiger partial charge on any atom is -0.456 e. The van der Waals surface area contributed by atoms with Crippen molar-refractivity contribution in [3.05, 3.63) is 12.2 Å². The Morgan fingerprint density at radius 2 is 1.69 bits per heavy atom. The summed E-state index contributed by atoms with van der Waals surface area (Å²) < 4.78 is 5.59. The molecule has 0 bridgehead atoms. The summed E-state index contributed by atoms with van der Waals surface area (Å²) in [7, 11) is 0. The van der Waals surface area contributed by atoms with Crippen LogP contribution in [-0.4, -0.2) is 11.6 Å². The lowest BCUT2D eigenvalue weighted by Gasteiger charge is -2.43. The molecule has 0 aromatic carbocycles. The van der Waals surface area contributed by atoms with Crippen molar-refractivity contribution in [2.24, 2.45) is 17.8 Å². The van der Waals surface area contributed by atoms with E-state index < -0.39 is 0 Å². The summed E-state index contributed by atoms with van der Waals surface area (Å²) in [5.74, 6) is 1.66. The van der Waals surface area contributed by atoms with Crippen LogP contribution < -0.4 is 0 Å². The Balaban J connectivity index is 2.71. The molecule has 2 unspecified atom stereocenters. The average molecular weight is 224 g/mol. The standard InChI is InChI=1S/C14H24O2/c1-9(2)13(15)16-14(6)7-10(3)12(5)11(4)8-14/h10-12H,1,7-8H2,2-6H3. The van der Waals surface area contributed by atoms with E-state index in [0.717, 1.165) is 12.8 Å². The van der Waals surface area contributed by atoms with E-state index in [1.165, 1.54) is 0 Å². The van der Waals surface area contributed by atoms with Gasteiger partial charge >= 0.3 is 5.97 Å². The molecule has 0 heterocycles. The van der Waals surface area contributed by atoms with E-state index in [-0.39, 0.29) is 11.6 Å². The Morgan fingerprint density at radius 3 is 2.06 bits per heavy atom. The molecule has 0 aromatic rings. The van der Waals surface area contributed by atoms with Gasteiger partial charge in [-0.1, -0.05) is 27.4 Å². The SMILES string of the molecule is C=C(C)C(=O)OC1(C)CC(C)C(C)C(C)C1. The summed E-state index contributed by atoms with van der Waals surface area (Å²) in [6.45, 7) is 14.2. The normalized spacial score (nSPS) is 39.2. The minimum absolute atomic E-state index is 0.253. The van der Waals surface area contributed by atoms with Crippen molar-refractivity contribution in [2.45, 2.75) is 53.1 Å². The number of carbonyl (C=O) groups excluding carboxylic acids is 1. The molecule has 0 spiro atoms. The Morgan fingerprint density at radius 1 is 1.25 bits per heavy atom. The summed E-state index contributed by atoms with van der Waals surface area (Å²) in [4.78, 5) is 11.6. The van der Waals surface area contributed by atoms with Gasteiger partial charge < -0.3 is 4.74 Å². The van der Waals surface area contributed by atoms with Crippen molar-refractivity contribution < 1.29 is 9.53 Å². The molecule has 1 fully saturated rings. The quantitative estimate of drug-likeness (QED) is 0.529. The van der Waals surface area contributed by atoms with Gasteiger partial charge in [-0.15, -0.1) is 0 Å². The Bertz CT molecular complexity index is 281. The minimum atomic E-state index is -0.304. The van der Waals surface area contributed by atoms with Crippen LogP contribution >= 0.6 is 0 Å². The Hall–Kier alpha value is -0.790. The highest BCUT2D eigenvalue weighted by Crippen LogP contribution is 2.42. The van der Waals surface area contributed by atoms with Crippen LogP contribution in [0.1, 0.15) is 47.5 Å². The Labute approximate surface area is 99.1 Å². The van der Waals surface area contributed by atoms with Crippen LogP contribution in [0.2, 0.25) is 0 Å². The van der Waals surface area contributed by atoms with E-state index in [0.29, 0.717) is 23.3 Å². The zero-order chi connectivity index (χ0) is 12.5. The molecule has 0 aliphatic heterocycles. The first-order valence-corrected chi connectivity index (χ1v) is 6.14. The third kappa shape index (κ3) is 2.87. The highest BCUT2D eigenvalue weighted by Gasteiger charge is 2.40. The van der Waals surface area contributed by atoms with Crippen LogP contribution in [0.25, 0.3) is 0 Å². The molecule has 0 radical (unpaired) electrons. The molecule has 1 aliphatic carbocycles. The van der Waals surface area contributed by atoms with Crippen LogP contribution in [0, 0.1) is 17.8 Å². The number of esters is 1. The van der Waals surface area contributed by atoms with Crippen molar-refractivity contribution in [1.29, 1.82) is 0 Å². The van der Waals surface area contributed by atoms with Crippen molar-refractivity contribution in [3.63, 3.8) is 0 Å². The van der Waals surface area contributed by atoms with E-state index in [2.05, 4.69) is 27.4 Å². The highest BCUT2D eigenvalue weighted by atomic mass is 16.6. The van der Waals surface area contributed by atoms with E-state index in [9.17, 15) is 4.79 Å². The van der Waals surface area contributed by atoms with E-state index in [4.69, 9.17) is 4.74 Å². The van der Waals surface area contributed by atoms with Gasteiger partial charge in [0.15, 0.2) is 0 Å². The van der Waals surface area contributed by atoms with E-state index >= 15 is 0 Å². The number of ether oxygens (including phenoxy) is 1. The smallest absolute Gasteiger partial charge is 0.333 e. The summed E-state index contributed by atoms with van der Waals surface area (Å²) in [6.07, 6.45) is 1.91. The van der Waals surface area contributed by atoms with Gasteiger partial charge in [0.25, 0.3) is 0 Å². The molecule has 1 rings (SSSR count). The van der Waals surface area contributed by atoms with Gasteiger partial charge in [0.1, 0.15) is 5.60 Å². The van der Waals surface area contributed by atoms with Gasteiger partial charge in [0, 0.05) is 5.57 Å². The van der Waals surface area contributed by atoms with Crippen molar-refractivity contribution in [1.82, 2.24) is 0 Å². The molecule has 2 nitrogen and oxygen atoms in total. The van der Waals surface area contributed by atoms with Crippen molar-refractivity contribution in [3.8, 4) is 0 Å². The molecule has 0 aromatic heterocycles. The molecule has 1 aliphatic rings. The fourth-order valence-corrected chi connectivity index (χ4v) is 2.77. The van der Waals surface area contributed by atoms with Crippen molar-refractivity contribution >= 4 is 5.97 Å². The first-order valence-electron chi connectivity index (χ1n) is 6.14. The molecule has 2 atom stereocenters. The topological polar surface area (TPSA) is 26.3 Å². The van der Waals surface area contributed by atoms with Crippen LogP contribution in [0.4, 0.5) is 0 Å². The molecule has 0 saturated heterocycles. The third-order valence-electron chi connectivity index (χ3n) is 3.99. The highest BCUT2D eigenvalue weighted by molar-refractivity contribution is 5.87. The van der Waals surface area contributed by atoms with Crippen molar-refractivity contribution in [2.75, 3.05) is 0 Å². The summed E-state index contributed by atoms with van der Waals surface area (Å²) in [5.41, 5.74) is 0.182. The zero-order valence-corrected chi connectivity index (χ0v) is 11.2. The largest absolute Gasteiger partial charge is 0.456 e. The first-order chi connectivity index (χ1) is 7.25. The number of hydrogen-bond acceptors (Lipinski definition) is 2. The zero-order valence-electron chi connectivity index (χ0n) is 11.2. The van der Waals surface area contributed by atoms with E-state index in [1.54, 1.807) is 6.92 Å². The number of rotatable bonds is 2. The fraction of sp³-hybridized carbons (Fsp3) is 0.786. The second-order valence-electron chi connectivity index (χ2n) is 5.84. The number of carbonyl (C=O) groups is 1. The van der Waals surface area contributed by atoms with Crippen LogP contribution in [0.3, 0.4) is 0 Å². The predicted octanol–water partition coefficient (Wildman–Crippen LogP) is 3.57. The molecular formula is C14H24O2.